The Morgan fingerprint density at radius 3 is 2.50 bits per heavy atom. The highest BCUT2D eigenvalue weighted by Gasteiger charge is 2.17. The van der Waals surface area contributed by atoms with E-state index in [1.807, 2.05) is 0 Å². The Morgan fingerprint density at radius 2 is 2.00 bits per heavy atom. The second-order valence-corrected chi connectivity index (χ2v) is 5.87. The van der Waals surface area contributed by atoms with Gasteiger partial charge in [-0.2, -0.15) is 0 Å². The second-order valence-electron chi connectivity index (χ2n) is 4.10. The van der Waals surface area contributed by atoms with E-state index < -0.39 is 14.9 Å². The number of halogens is 1. The largest absolute Gasteiger partial charge is 0.330 e. The van der Waals surface area contributed by atoms with Crippen LogP contribution in [-0.4, -0.2) is 26.4 Å². The molecule has 0 unspecified atom stereocenters. The molecule has 7 nitrogen and oxygen atoms in total. The number of hydrogen-bond acceptors (Lipinski definition) is 5. The standard InChI is InChI=1S/C11H17N3O4S.ClH/c1-9-8-10(4-5-11(9)14(15)16)19(17,18)13-7-3-2-6-12;/h4-5,8,13H,2-3,6-7,12H2,1H3;1H. The number of nitro benzene ring substituents is 1. The van der Waals surface area contributed by atoms with Gasteiger partial charge in [0.2, 0.25) is 10.0 Å². The van der Waals surface area contributed by atoms with Crippen LogP contribution >= 0.6 is 12.4 Å². The molecule has 0 saturated carbocycles. The first kappa shape index (κ1) is 18.8. The molecule has 0 saturated heterocycles. The van der Waals surface area contributed by atoms with Crippen LogP contribution in [0.25, 0.3) is 0 Å². The van der Waals surface area contributed by atoms with Crippen molar-refractivity contribution in [2.24, 2.45) is 5.73 Å². The molecule has 3 N–H and O–H groups in total. The molecule has 0 atom stereocenters. The lowest BCUT2D eigenvalue weighted by molar-refractivity contribution is -0.385. The zero-order valence-corrected chi connectivity index (χ0v) is 12.7. The van der Waals surface area contributed by atoms with Gasteiger partial charge in [-0.3, -0.25) is 10.1 Å². The number of benzene rings is 1. The van der Waals surface area contributed by atoms with Crippen LogP contribution in [-0.2, 0) is 10.0 Å². The molecule has 114 valence electrons. The average Bonchev–Trinajstić information content (AvgIpc) is 2.34. The van der Waals surface area contributed by atoms with Gasteiger partial charge in [-0.05, 0) is 38.4 Å². The van der Waals surface area contributed by atoms with Crippen molar-refractivity contribution in [1.29, 1.82) is 0 Å². The van der Waals surface area contributed by atoms with Crippen molar-refractivity contribution in [2.45, 2.75) is 24.7 Å². The Bertz CT molecular complexity index is 563. The normalized spacial score (nSPS) is 10.9. The Morgan fingerprint density at radius 1 is 1.35 bits per heavy atom. The number of nitrogens with two attached hydrogens (primary N) is 1. The summed E-state index contributed by atoms with van der Waals surface area (Å²) in [6.45, 7) is 2.32. The van der Waals surface area contributed by atoms with Crippen LogP contribution in [0.15, 0.2) is 23.1 Å². The van der Waals surface area contributed by atoms with Gasteiger partial charge in [-0.25, -0.2) is 13.1 Å². The van der Waals surface area contributed by atoms with Crippen molar-refractivity contribution >= 4 is 28.1 Å². The summed E-state index contributed by atoms with van der Waals surface area (Å²) >= 11 is 0. The number of nitrogens with zero attached hydrogens (tertiary/aromatic N) is 1. The fourth-order valence-electron chi connectivity index (χ4n) is 1.56. The van der Waals surface area contributed by atoms with Crippen LogP contribution in [0, 0.1) is 17.0 Å². The molecule has 0 fully saturated rings. The quantitative estimate of drug-likeness (QED) is 0.446. The maximum atomic E-state index is 11.9. The molecular formula is C11H18ClN3O4S. The van der Waals surface area contributed by atoms with E-state index in [0.29, 0.717) is 25.1 Å². The summed E-state index contributed by atoms with van der Waals surface area (Å²) in [7, 11) is -3.62. The first-order chi connectivity index (χ1) is 8.88. The van der Waals surface area contributed by atoms with Gasteiger partial charge >= 0.3 is 0 Å². The van der Waals surface area contributed by atoms with E-state index in [1.54, 1.807) is 0 Å². The minimum atomic E-state index is -3.62. The predicted molar refractivity (Wildman–Crippen MR) is 78.6 cm³/mol. The van der Waals surface area contributed by atoms with Crippen molar-refractivity contribution in [3.8, 4) is 0 Å². The van der Waals surface area contributed by atoms with Gasteiger partial charge in [0.25, 0.3) is 5.69 Å². The Kier molecular flexibility index (Phi) is 7.66. The lowest BCUT2D eigenvalue weighted by atomic mass is 10.2. The van der Waals surface area contributed by atoms with E-state index in [1.165, 1.54) is 25.1 Å². The van der Waals surface area contributed by atoms with E-state index in [9.17, 15) is 18.5 Å². The zero-order chi connectivity index (χ0) is 14.5. The fourth-order valence-corrected chi connectivity index (χ4v) is 2.72. The number of rotatable bonds is 7. The maximum Gasteiger partial charge on any atom is 0.272 e. The third-order valence-corrected chi connectivity index (χ3v) is 4.06. The van der Waals surface area contributed by atoms with Crippen LogP contribution in [0.5, 0.6) is 0 Å². The summed E-state index contributed by atoms with van der Waals surface area (Å²) in [5, 5.41) is 10.7. The molecule has 0 radical (unpaired) electrons. The summed E-state index contributed by atoms with van der Waals surface area (Å²) in [6, 6.07) is 3.73. The average molecular weight is 324 g/mol. The number of nitro groups is 1. The van der Waals surface area contributed by atoms with Gasteiger partial charge in [0.1, 0.15) is 0 Å². The van der Waals surface area contributed by atoms with E-state index >= 15 is 0 Å². The molecule has 1 aromatic carbocycles. The molecule has 9 heteroatoms. The van der Waals surface area contributed by atoms with E-state index in [0.717, 1.165) is 6.42 Å². The molecule has 0 bridgehead atoms. The molecule has 0 aliphatic carbocycles. The highest BCUT2D eigenvalue weighted by molar-refractivity contribution is 7.89. The summed E-state index contributed by atoms with van der Waals surface area (Å²) < 4.78 is 26.3. The predicted octanol–water partition coefficient (Wildman–Crippen LogP) is 1.34. The number of sulfonamides is 1. The van der Waals surface area contributed by atoms with Crippen molar-refractivity contribution in [1.82, 2.24) is 4.72 Å². The van der Waals surface area contributed by atoms with Crippen LogP contribution in [0.3, 0.4) is 0 Å². The molecule has 1 rings (SSSR count). The highest BCUT2D eigenvalue weighted by Crippen LogP contribution is 2.21. The Labute approximate surface area is 124 Å². The fraction of sp³-hybridized carbons (Fsp3) is 0.455. The van der Waals surface area contributed by atoms with Crippen LogP contribution < -0.4 is 10.5 Å². The first-order valence-electron chi connectivity index (χ1n) is 5.83. The smallest absolute Gasteiger partial charge is 0.272 e. The van der Waals surface area contributed by atoms with Gasteiger partial charge in [0.05, 0.1) is 9.82 Å². The third kappa shape index (κ3) is 5.04. The summed E-state index contributed by atoms with van der Waals surface area (Å²) in [5.41, 5.74) is 5.53. The van der Waals surface area contributed by atoms with Crippen molar-refractivity contribution in [2.75, 3.05) is 13.1 Å². The highest BCUT2D eigenvalue weighted by atomic mass is 35.5. The maximum absolute atomic E-state index is 11.9. The third-order valence-electron chi connectivity index (χ3n) is 2.60. The minimum absolute atomic E-state index is 0. The van der Waals surface area contributed by atoms with Gasteiger partial charge in [0, 0.05) is 18.2 Å². The molecule has 0 aliphatic heterocycles. The summed E-state index contributed by atoms with van der Waals surface area (Å²) in [4.78, 5) is 10.1. The molecular weight excluding hydrogens is 306 g/mol. The van der Waals surface area contributed by atoms with Crippen LogP contribution in [0.2, 0.25) is 0 Å². The first-order valence-corrected chi connectivity index (χ1v) is 7.31. The van der Waals surface area contributed by atoms with Gasteiger partial charge < -0.3 is 5.73 Å². The summed E-state index contributed by atoms with van der Waals surface area (Å²) in [5.74, 6) is 0. The molecule has 0 heterocycles. The molecule has 0 aromatic heterocycles. The SMILES string of the molecule is Cc1cc(S(=O)(=O)NCCCCN)ccc1[N+](=O)[O-].Cl. The molecule has 1 aromatic rings. The number of unbranched alkanes of at least 4 members (excludes halogenated alkanes) is 1. The summed E-state index contributed by atoms with van der Waals surface area (Å²) in [6.07, 6.45) is 1.39. The molecule has 0 spiro atoms. The van der Waals surface area contributed by atoms with E-state index in [2.05, 4.69) is 4.72 Å². The molecule has 20 heavy (non-hydrogen) atoms. The monoisotopic (exact) mass is 323 g/mol. The molecule has 0 aliphatic rings. The lowest BCUT2D eigenvalue weighted by Crippen LogP contribution is -2.25. The molecule has 0 amide bonds. The van der Waals surface area contributed by atoms with Crippen molar-refractivity contribution in [3.63, 3.8) is 0 Å². The topological polar surface area (TPSA) is 115 Å². The van der Waals surface area contributed by atoms with Gasteiger partial charge in [-0.1, -0.05) is 0 Å². The Balaban J connectivity index is 0.00000361. The Hall–Kier alpha value is -1.22. The van der Waals surface area contributed by atoms with Crippen molar-refractivity contribution < 1.29 is 13.3 Å². The van der Waals surface area contributed by atoms with Gasteiger partial charge in [0.15, 0.2) is 0 Å². The zero-order valence-electron chi connectivity index (χ0n) is 11.0. The van der Waals surface area contributed by atoms with Crippen LogP contribution in [0.4, 0.5) is 5.69 Å². The van der Waals surface area contributed by atoms with Crippen LogP contribution in [0.1, 0.15) is 18.4 Å². The van der Waals surface area contributed by atoms with Crippen molar-refractivity contribution in [3.05, 3.63) is 33.9 Å². The number of nitrogens with one attached hydrogen (secondary N) is 1. The van der Waals surface area contributed by atoms with Gasteiger partial charge in [-0.15, -0.1) is 12.4 Å². The van der Waals surface area contributed by atoms with E-state index in [4.69, 9.17) is 5.73 Å². The number of hydrogen-bond donors (Lipinski definition) is 2. The number of aryl methyl sites for hydroxylation is 1. The lowest BCUT2D eigenvalue weighted by Gasteiger charge is -2.07. The second kappa shape index (κ2) is 8.15. The minimum Gasteiger partial charge on any atom is -0.330 e. The van der Waals surface area contributed by atoms with E-state index in [-0.39, 0.29) is 23.0 Å².